The molecular formula is C17H18F3N3O3S. The molecule has 0 fully saturated rings. The van der Waals surface area contributed by atoms with Crippen LogP contribution >= 0.6 is 11.8 Å². The monoisotopic (exact) mass is 401 g/mol. The first-order valence-corrected chi connectivity index (χ1v) is 9.32. The predicted octanol–water partition coefficient (Wildman–Crippen LogP) is 3.00. The van der Waals surface area contributed by atoms with Gasteiger partial charge in [-0.3, -0.25) is 9.80 Å². The van der Waals surface area contributed by atoms with E-state index in [1.165, 1.54) is 17.8 Å². The third-order valence-electron chi connectivity index (χ3n) is 4.92. The van der Waals surface area contributed by atoms with Crippen molar-refractivity contribution in [2.24, 2.45) is 0 Å². The van der Waals surface area contributed by atoms with Gasteiger partial charge in [-0.2, -0.15) is 0 Å². The van der Waals surface area contributed by atoms with Crippen molar-refractivity contribution < 1.29 is 27.4 Å². The lowest BCUT2D eigenvalue weighted by atomic mass is 9.85. The Morgan fingerprint density at radius 1 is 1.37 bits per heavy atom. The van der Waals surface area contributed by atoms with Gasteiger partial charge < -0.3 is 14.8 Å². The lowest BCUT2D eigenvalue weighted by Gasteiger charge is -2.47. The van der Waals surface area contributed by atoms with Crippen molar-refractivity contribution in [1.82, 2.24) is 15.8 Å². The summed E-state index contributed by atoms with van der Waals surface area (Å²) in [6.07, 6.45) is 1.91. The fraction of sp³-hybridized carbons (Fsp3) is 0.471. The summed E-state index contributed by atoms with van der Waals surface area (Å²) in [7, 11) is 1.68. The Morgan fingerprint density at radius 3 is 2.85 bits per heavy atom. The standard InChI is InChI=1S/C17H18F3N3O3S/c1-21-23-15(24)14-12(9-16(23)4-6-25-7-5-16)22-11-3-2-10(8-13(11)27-14)26-17(18,19)20/h4,6,8,21-22H,2-3,5,7,9H2,1H3. The fourth-order valence-corrected chi connectivity index (χ4v) is 4.85. The zero-order valence-corrected chi connectivity index (χ0v) is 15.3. The summed E-state index contributed by atoms with van der Waals surface area (Å²) in [6, 6.07) is 0. The second-order valence-electron chi connectivity index (χ2n) is 6.60. The number of hydrogen-bond donors (Lipinski definition) is 2. The third-order valence-corrected chi connectivity index (χ3v) is 6.13. The Morgan fingerprint density at radius 2 is 2.19 bits per heavy atom. The van der Waals surface area contributed by atoms with E-state index < -0.39 is 11.9 Å². The molecule has 0 bridgehead atoms. The molecule has 146 valence electrons. The van der Waals surface area contributed by atoms with Gasteiger partial charge in [0.05, 0.1) is 23.3 Å². The molecular weight excluding hydrogens is 383 g/mol. The molecule has 4 rings (SSSR count). The quantitative estimate of drug-likeness (QED) is 0.742. The highest BCUT2D eigenvalue weighted by molar-refractivity contribution is 8.07. The Hall–Kier alpha value is -2.07. The summed E-state index contributed by atoms with van der Waals surface area (Å²) in [5, 5.41) is 4.87. The zero-order chi connectivity index (χ0) is 19.2. The van der Waals surface area contributed by atoms with Crippen LogP contribution in [0.3, 0.4) is 0 Å². The topological polar surface area (TPSA) is 62.8 Å². The molecule has 1 spiro atoms. The van der Waals surface area contributed by atoms with Gasteiger partial charge in [0, 0.05) is 42.6 Å². The third kappa shape index (κ3) is 3.31. The second kappa shape index (κ2) is 6.52. The van der Waals surface area contributed by atoms with E-state index in [0.29, 0.717) is 35.7 Å². The molecule has 6 nitrogen and oxygen atoms in total. The smallest absolute Gasteiger partial charge is 0.501 e. The van der Waals surface area contributed by atoms with Crippen molar-refractivity contribution in [2.45, 2.75) is 37.6 Å². The van der Waals surface area contributed by atoms with E-state index in [-0.39, 0.29) is 18.1 Å². The van der Waals surface area contributed by atoms with Gasteiger partial charge in [0.15, 0.2) is 0 Å². The number of ether oxygens (including phenoxy) is 2. The molecule has 27 heavy (non-hydrogen) atoms. The molecule has 1 atom stereocenters. The number of rotatable bonds is 2. The van der Waals surface area contributed by atoms with Gasteiger partial charge in [0.25, 0.3) is 5.91 Å². The molecule has 1 amide bonds. The molecule has 1 unspecified atom stereocenters. The van der Waals surface area contributed by atoms with Crippen LogP contribution in [0.25, 0.3) is 0 Å². The van der Waals surface area contributed by atoms with Gasteiger partial charge in [-0.15, -0.1) is 13.2 Å². The molecule has 3 aliphatic heterocycles. The van der Waals surface area contributed by atoms with E-state index in [2.05, 4.69) is 15.5 Å². The molecule has 4 aliphatic rings. The van der Waals surface area contributed by atoms with Crippen molar-refractivity contribution in [3.05, 3.63) is 45.4 Å². The summed E-state index contributed by atoms with van der Waals surface area (Å²) in [4.78, 5) is 14.1. The number of nitrogens with one attached hydrogen (secondary N) is 2. The lowest BCUT2D eigenvalue weighted by Crippen LogP contribution is -2.61. The maximum Gasteiger partial charge on any atom is 0.572 e. The highest BCUT2D eigenvalue weighted by Gasteiger charge is 2.47. The van der Waals surface area contributed by atoms with Crippen LogP contribution in [0, 0.1) is 0 Å². The number of hydrogen-bond acceptors (Lipinski definition) is 6. The SMILES string of the molecule is CNN1C(=O)C2=C(CC13C=COCC3)NC1=C(C=C(OC(F)(F)F)CC1)S2. The molecule has 0 aromatic heterocycles. The van der Waals surface area contributed by atoms with Crippen LogP contribution in [0.4, 0.5) is 13.2 Å². The number of allylic oxidation sites excluding steroid dienone is 3. The van der Waals surface area contributed by atoms with Gasteiger partial charge >= 0.3 is 6.36 Å². The summed E-state index contributed by atoms with van der Waals surface area (Å²) in [5.41, 5.74) is 4.06. The van der Waals surface area contributed by atoms with E-state index in [9.17, 15) is 18.0 Å². The van der Waals surface area contributed by atoms with Crippen LogP contribution in [0.5, 0.6) is 0 Å². The molecule has 1 aliphatic carbocycles. The van der Waals surface area contributed by atoms with Crippen molar-refractivity contribution in [1.29, 1.82) is 0 Å². The summed E-state index contributed by atoms with van der Waals surface area (Å²) < 4.78 is 46.8. The molecule has 0 radical (unpaired) electrons. The molecule has 2 N–H and O–H groups in total. The van der Waals surface area contributed by atoms with Crippen LogP contribution in [0.2, 0.25) is 0 Å². The minimum Gasteiger partial charge on any atom is -0.501 e. The Balaban J connectivity index is 1.62. The number of hydrazine groups is 1. The van der Waals surface area contributed by atoms with Crippen molar-refractivity contribution >= 4 is 17.7 Å². The van der Waals surface area contributed by atoms with E-state index in [0.717, 1.165) is 11.4 Å². The normalized spacial score (nSPS) is 27.8. The number of halogens is 3. The number of thioether (sulfide) groups is 1. The number of nitrogens with zero attached hydrogens (tertiary/aromatic N) is 1. The van der Waals surface area contributed by atoms with Gasteiger partial charge in [-0.05, 0) is 18.6 Å². The average molecular weight is 401 g/mol. The molecule has 3 heterocycles. The van der Waals surface area contributed by atoms with E-state index in [1.54, 1.807) is 18.3 Å². The summed E-state index contributed by atoms with van der Waals surface area (Å²) in [5.74, 6) is -0.358. The molecule has 0 saturated heterocycles. The number of carbonyl (C=O) groups is 1. The summed E-state index contributed by atoms with van der Waals surface area (Å²) >= 11 is 1.19. The second-order valence-corrected chi connectivity index (χ2v) is 7.66. The molecule has 10 heteroatoms. The molecule has 0 saturated carbocycles. The highest BCUT2D eigenvalue weighted by Crippen LogP contribution is 2.47. The number of alkyl halides is 3. The van der Waals surface area contributed by atoms with Crippen LogP contribution in [0.1, 0.15) is 25.7 Å². The van der Waals surface area contributed by atoms with Gasteiger partial charge in [0.2, 0.25) is 0 Å². The van der Waals surface area contributed by atoms with Gasteiger partial charge in [-0.25, -0.2) is 5.43 Å². The first kappa shape index (κ1) is 18.3. The number of carbonyl (C=O) groups excluding carboxylic acids is 1. The first-order valence-electron chi connectivity index (χ1n) is 8.50. The Labute approximate surface area is 158 Å². The minimum atomic E-state index is -4.72. The maximum atomic E-state index is 13.1. The van der Waals surface area contributed by atoms with E-state index >= 15 is 0 Å². The zero-order valence-electron chi connectivity index (χ0n) is 14.5. The summed E-state index contributed by atoms with van der Waals surface area (Å²) in [6.45, 7) is 0.506. The van der Waals surface area contributed by atoms with Crippen LogP contribution in [0.15, 0.2) is 45.4 Å². The largest absolute Gasteiger partial charge is 0.572 e. The Bertz CT molecular complexity index is 803. The lowest BCUT2D eigenvalue weighted by molar-refractivity contribution is -0.306. The average Bonchev–Trinajstić information content (AvgIpc) is 2.60. The molecule has 0 aromatic carbocycles. The van der Waals surface area contributed by atoms with Crippen LogP contribution in [-0.4, -0.2) is 36.5 Å². The number of amides is 1. The highest BCUT2D eigenvalue weighted by atomic mass is 32.2. The van der Waals surface area contributed by atoms with Crippen molar-refractivity contribution in [2.75, 3.05) is 13.7 Å². The fourth-order valence-electron chi connectivity index (χ4n) is 3.74. The molecule has 0 aromatic rings. The van der Waals surface area contributed by atoms with Crippen molar-refractivity contribution in [3.8, 4) is 0 Å². The predicted molar refractivity (Wildman–Crippen MR) is 92.2 cm³/mol. The van der Waals surface area contributed by atoms with E-state index in [4.69, 9.17) is 4.74 Å². The Kier molecular flexibility index (Phi) is 4.42. The van der Waals surface area contributed by atoms with Crippen LogP contribution in [-0.2, 0) is 14.3 Å². The van der Waals surface area contributed by atoms with Crippen molar-refractivity contribution in [3.63, 3.8) is 0 Å². The van der Waals surface area contributed by atoms with Gasteiger partial charge in [-0.1, -0.05) is 11.8 Å². The first-order chi connectivity index (χ1) is 12.8. The van der Waals surface area contributed by atoms with Crippen LogP contribution < -0.4 is 10.7 Å². The maximum absolute atomic E-state index is 13.1. The van der Waals surface area contributed by atoms with Gasteiger partial charge in [0.1, 0.15) is 5.76 Å². The van der Waals surface area contributed by atoms with E-state index in [1.807, 2.05) is 6.08 Å². The minimum absolute atomic E-state index is 0.142.